The Morgan fingerprint density at radius 2 is 2.22 bits per heavy atom. The van der Waals surface area contributed by atoms with Crippen LogP contribution in [0.1, 0.15) is 32.3 Å². The minimum absolute atomic E-state index is 0.663. The van der Waals surface area contributed by atoms with Crippen LogP contribution in [0.15, 0.2) is 18.2 Å². The third kappa shape index (κ3) is 2.81. The molecule has 1 aliphatic heterocycles. The van der Waals surface area contributed by atoms with Gasteiger partial charge < -0.3 is 10.2 Å². The van der Waals surface area contributed by atoms with Crippen molar-refractivity contribution in [3.63, 3.8) is 0 Å². The molecule has 0 bridgehead atoms. The number of hydrogen-bond acceptors (Lipinski definition) is 2. The lowest BCUT2D eigenvalue weighted by Crippen LogP contribution is -2.33. The van der Waals surface area contributed by atoms with Crippen LogP contribution in [0.2, 0.25) is 5.02 Å². The molecule has 1 fully saturated rings. The van der Waals surface area contributed by atoms with Gasteiger partial charge in [-0.15, -0.1) is 0 Å². The molecule has 1 heterocycles. The molecule has 2 nitrogen and oxygen atoms in total. The Kier molecular flexibility index (Phi) is 4.52. The molecule has 1 N–H and O–H groups in total. The monoisotopic (exact) mass is 266 g/mol. The number of benzene rings is 1. The van der Waals surface area contributed by atoms with E-state index in [0.29, 0.717) is 12.0 Å². The van der Waals surface area contributed by atoms with Crippen molar-refractivity contribution in [2.45, 2.75) is 39.3 Å². The topological polar surface area (TPSA) is 15.3 Å². The van der Waals surface area contributed by atoms with Crippen LogP contribution >= 0.6 is 11.6 Å². The van der Waals surface area contributed by atoms with E-state index in [1.54, 1.807) is 0 Å². The second-order valence-electron chi connectivity index (χ2n) is 5.45. The van der Waals surface area contributed by atoms with Crippen LogP contribution in [0.25, 0.3) is 0 Å². The molecule has 0 spiro atoms. The molecule has 1 unspecified atom stereocenters. The second-order valence-corrected chi connectivity index (χ2v) is 5.86. The van der Waals surface area contributed by atoms with E-state index in [-0.39, 0.29) is 0 Å². The summed E-state index contributed by atoms with van der Waals surface area (Å²) in [5, 5.41) is 4.01. The van der Waals surface area contributed by atoms with Gasteiger partial charge in [-0.05, 0) is 43.5 Å². The molecule has 2 rings (SSSR count). The molecule has 18 heavy (non-hydrogen) atoms. The molecule has 1 aromatic rings. The maximum atomic E-state index is 6.35. The van der Waals surface area contributed by atoms with Crippen molar-refractivity contribution in [3.8, 4) is 0 Å². The summed E-state index contributed by atoms with van der Waals surface area (Å²) >= 11 is 6.35. The van der Waals surface area contributed by atoms with Crippen LogP contribution in [0, 0.1) is 5.92 Å². The van der Waals surface area contributed by atoms with E-state index in [2.05, 4.69) is 42.3 Å². The molecular weight excluding hydrogens is 244 g/mol. The van der Waals surface area contributed by atoms with E-state index in [4.69, 9.17) is 11.6 Å². The van der Waals surface area contributed by atoms with E-state index >= 15 is 0 Å². The summed E-state index contributed by atoms with van der Waals surface area (Å²) in [7, 11) is 1.94. The summed E-state index contributed by atoms with van der Waals surface area (Å²) in [6.45, 7) is 6.59. The van der Waals surface area contributed by atoms with E-state index < -0.39 is 0 Å². The molecule has 0 radical (unpaired) electrons. The van der Waals surface area contributed by atoms with Gasteiger partial charge >= 0.3 is 0 Å². The molecule has 1 atom stereocenters. The highest BCUT2D eigenvalue weighted by atomic mass is 35.5. The molecule has 1 aromatic carbocycles. The number of anilines is 1. The van der Waals surface area contributed by atoms with Gasteiger partial charge in [0.2, 0.25) is 0 Å². The maximum absolute atomic E-state index is 6.35. The van der Waals surface area contributed by atoms with Gasteiger partial charge in [0.15, 0.2) is 0 Å². The Balaban J connectivity index is 2.20. The zero-order chi connectivity index (χ0) is 13.1. The zero-order valence-electron chi connectivity index (χ0n) is 11.5. The van der Waals surface area contributed by atoms with Crippen LogP contribution < -0.4 is 10.2 Å². The molecular formula is C15H23ClN2. The normalized spacial score (nSPS) is 19.8. The van der Waals surface area contributed by atoms with Gasteiger partial charge in [0, 0.05) is 29.8 Å². The SMILES string of the molecule is CNCc1ccc(N2CCCC2C(C)C)cc1Cl. The molecule has 0 amide bonds. The fourth-order valence-electron chi connectivity index (χ4n) is 2.85. The first-order valence-corrected chi connectivity index (χ1v) is 7.21. The summed E-state index contributed by atoms with van der Waals surface area (Å²) in [5.41, 5.74) is 2.44. The number of nitrogens with one attached hydrogen (secondary N) is 1. The molecule has 100 valence electrons. The lowest BCUT2D eigenvalue weighted by atomic mass is 10.0. The highest BCUT2D eigenvalue weighted by Crippen LogP contribution is 2.32. The van der Waals surface area contributed by atoms with Crippen LogP contribution in [0.4, 0.5) is 5.69 Å². The van der Waals surface area contributed by atoms with Crippen LogP contribution in [-0.4, -0.2) is 19.6 Å². The number of nitrogens with zero attached hydrogens (tertiary/aromatic N) is 1. The van der Waals surface area contributed by atoms with Gasteiger partial charge in [0.25, 0.3) is 0 Å². The summed E-state index contributed by atoms with van der Waals surface area (Å²) in [4.78, 5) is 2.51. The lowest BCUT2D eigenvalue weighted by Gasteiger charge is -2.30. The molecule has 0 saturated carbocycles. The predicted octanol–water partition coefficient (Wildman–Crippen LogP) is 3.68. The fraction of sp³-hybridized carbons (Fsp3) is 0.600. The average molecular weight is 267 g/mol. The van der Waals surface area contributed by atoms with E-state index in [1.807, 2.05) is 7.05 Å². The Bertz CT molecular complexity index is 403. The van der Waals surface area contributed by atoms with Gasteiger partial charge in [-0.2, -0.15) is 0 Å². The third-order valence-electron chi connectivity index (χ3n) is 3.80. The van der Waals surface area contributed by atoms with Gasteiger partial charge in [0.1, 0.15) is 0 Å². The zero-order valence-corrected chi connectivity index (χ0v) is 12.3. The Morgan fingerprint density at radius 3 is 2.83 bits per heavy atom. The number of rotatable bonds is 4. The number of halogens is 1. The highest BCUT2D eigenvalue weighted by molar-refractivity contribution is 6.31. The minimum Gasteiger partial charge on any atom is -0.368 e. The maximum Gasteiger partial charge on any atom is 0.0471 e. The molecule has 0 aromatic heterocycles. The summed E-state index contributed by atoms with van der Waals surface area (Å²) < 4.78 is 0. The van der Waals surface area contributed by atoms with Crippen molar-refractivity contribution in [2.24, 2.45) is 5.92 Å². The molecule has 1 aliphatic rings. The Morgan fingerprint density at radius 1 is 1.44 bits per heavy atom. The van der Waals surface area contributed by atoms with Gasteiger partial charge in [-0.1, -0.05) is 31.5 Å². The quantitative estimate of drug-likeness (QED) is 0.894. The van der Waals surface area contributed by atoms with E-state index in [9.17, 15) is 0 Å². The van der Waals surface area contributed by atoms with E-state index in [1.165, 1.54) is 24.1 Å². The van der Waals surface area contributed by atoms with Crippen LogP contribution in [-0.2, 0) is 6.54 Å². The standard InChI is InChI=1S/C15H23ClN2/c1-11(2)15-5-4-8-18(15)13-7-6-12(10-17-3)14(16)9-13/h6-7,9,11,15,17H,4-5,8,10H2,1-3H3. The third-order valence-corrected chi connectivity index (χ3v) is 4.16. The lowest BCUT2D eigenvalue weighted by molar-refractivity contribution is 0.492. The van der Waals surface area contributed by atoms with Crippen molar-refractivity contribution in [1.82, 2.24) is 5.32 Å². The fourth-order valence-corrected chi connectivity index (χ4v) is 3.10. The molecule has 3 heteroatoms. The highest BCUT2D eigenvalue weighted by Gasteiger charge is 2.27. The molecule has 0 aliphatic carbocycles. The summed E-state index contributed by atoms with van der Waals surface area (Å²) in [6, 6.07) is 7.13. The Labute approximate surface area is 115 Å². The van der Waals surface area contributed by atoms with E-state index in [0.717, 1.165) is 18.1 Å². The summed E-state index contributed by atoms with van der Waals surface area (Å²) in [5.74, 6) is 0.697. The number of hydrogen-bond donors (Lipinski definition) is 1. The van der Waals surface area contributed by atoms with Crippen LogP contribution in [0.3, 0.4) is 0 Å². The smallest absolute Gasteiger partial charge is 0.0471 e. The minimum atomic E-state index is 0.663. The van der Waals surface area contributed by atoms with Crippen LogP contribution in [0.5, 0.6) is 0 Å². The first-order chi connectivity index (χ1) is 8.63. The largest absolute Gasteiger partial charge is 0.368 e. The van der Waals surface area contributed by atoms with Crippen molar-refractivity contribution < 1.29 is 0 Å². The Hall–Kier alpha value is -0.730. The first kappa shape index (κ1) is 13.7. The van der Waals surface area contributed by atoms with Crippen molar-refractivity contribution in [2.75, 3.05) is 18.5 Å². The van der Waals surface area contributed by atoms with Gasteiger partial charge in [-0.25, -0.2) is 0 Å². The first-order valence-electron chi connectivity index (χ1n) is 6.83. The average Bonchev–Trinajstić information content (AvgIpc) is 2.81. The molecule has 1 saturated heterocycles. The van der Waals surface area contributed by atoms with Crippen molar-refractivity contribution >= 4 is 17.3 Å². The summed E-state index contributed by atoms with van der Waals surface area (Å²) in [6.07, 6.45) is 2.59. The predicted molar refractivity (Wildman–Crippen MR) is 79.4 cm³/mol. The van der Waals surface area contributed by atoms with Crippen molar-refractivity contribution in [3.05, 3.63) is 28.8 Å². The van der Waals surface area contributed by atoms with Gasteiger partial charge in [0.05, 0.1) is 0 Å². The second kappa shape index (κ2) is 5.94. The van der Waals surface area contributed by atoms with Crippen molar-refractivity contribution in [1.29, 1.82) is 0 Å². The van der Waals surface area contributed by atoms with Gasteiger partial charge in [-0.3, -0.25) is 0 Å².